The molecule has 0 bridgehead atoms. The molecule has 6 nitrogen and oxygen atoms in total. The van der Waals surface area contributed by atoms with Gasteiger partial charge in [0.05, 0.1) is 5.69 Å². The lowest BCUT2D eigenvalue weighted by Gasteiger charge is -2.09. The average Bonchev–Trinajstić information content (AvgIpc) is 2.53. The van der Waals surface area contributed by atoms with E-state index in [9.17, 15) is 4.79 Å². The van der Waals surface area contributed by atoms with E-state index in [4.69, 9.17) is 5.73 Å². The highest BCUT2D eigenvalue weighted by molar-refractivity contribution is 6.03. The Kier molecular flexibility index (Phi) is 5.09. The number of nitrogens with zero attached hydrogens (tertiary/aromatic N) is 3. The molecule has 23 heavy (non-hydrogen) atoms. The molecule has 6 heteroatoms. The molecule has 0 radical (unpaired) electrons. The summed E-state index contributed by atoms with van der Waals surface area (Å²) in [6, 6.07) is 7.23. The lowest BCUT2D eigenvalue weighted by atomic mass is 10.1. The molecule has 0 fully saturated rings. The molecule has 118 valence electrons. The SMILES string of the molecule is C=C(N)c1ccccc1NC(=O)/C=C/c1cnc(N(C)C)nc1. The lowest BCUT2D eigenvalue weighted by molar-refractivity contribution is -0.111. The second-order valence-electron chi connectivity index (χ2n) is 5.10. The molecule has 0 spiro atoms. The van der Waals surface area contributed by atoms with Crippen LogP contribution in [0.3, 0.4) is 0 Å². The van der Waals surface area contributed by atoms with Crippen molar-refractivity contribution in [3.63, 3.8) is 0 Å². The first-order valence-corrected chi connectivity index (χ1v) is 6.99. The van der Waals surface area contributed by atoms with Gasteiger partial charge in [-0.1, -0.05) is 24.8 Å². The summed E-state index contributed by atoms with van der Waals surface area (Å²) in [4.78, 5) is 22.2. The Bertz CT molecular complexity index is 735. The third-order valence-electron chi connectivity index (χ3n) is 3.02. The second kappa shape index (κ2) is 7.22. The summed E-state index contributed by atoms with van der Waals surface area (Å²) >= 11 is 0. The number of amides is 1. The first kappa shape index (κ1) is 16.2. The topological polar surface area (TPSA) is 84.1 Å². The predicted molar refractivity (Wildman–Crippen MR) is 93.7 cm³/mol. The first-order valence-electron chi connectivity index (χ1n) is 6.99. The maximum absolute atomic E-state index is 12.0. The van der Waals surface area contributed by atoms with Crippen molar-refractivity contribution < 1.29 is 4.79 Å². The van der Waals surface area contributed by atoms with Crippen molar-refractivity contribution in [1.82, 2.24) is 9.97 Å². The quantitative estimate of drug-likeness (QED) is 0.827. The normalized spacial score (nSPS) is 10.5. The first-order chi connectivity index (χ1) is 11.0. The molecule has 0 saturated heterocycles. The Morgan fingerprint density at radius 3 is 2.52 bits per heavy atom. The van der Waals surface area contributed by atoms with E-state index < -0.39 is 0 Å². The Morgan fingerprint density at radius 1 is 1.26 bits per heavy atom. The maximum atomic E-state index is 12.0. The fraction of sp³-hybridized carbons (Fsp3) is 0.118. The summed E-state index contributed by atoms with van der Waals surface area (Å²) < 4.78 is 0. The van der Waals surface area contributed by atoms with Crippen LogP contribution in [0.4, 0.5) is 11.6 Å². The second-order valence-corrected chi connectivity index (χ2v) is 5.10. The predicted octanol–water partition coefficient (Wildman–Crippen LogP) is 2.12. The third kappa shape index (κ3) is 4.41. The van der Waals surface area contributed by atoms with E-state index in [0.717, 1.165) is 5.56 Å². The summed E-state index contributed by atoms with van der Waals surface area (Å²) in [5.41, 5.74) is 8.17. The molecule has 2 rings (SSSR count). The van der Waals surface area contributed by atoms with E-state index in [-0.39, 0.29) is 5.91 Å². The Hall–Kier alpha value is -3.15. The van der Waals surface area contributed by atoms with E-state index in [1.165, 1.54) is 6.08 Å². The van der Waals surface area contributed by atoms with Crippen LogP contribution in [0.1, 0.15) is 11.1 Å². The van der Waals surface area contributed by atoms with Gasteiger partial charge in [0, 0.05) is 49.4 Å². The van der Waals surface area contributed by atoms with Gasteiger partial charge in [-0.05, 0) is 12.1 Å². The molecule has 1 heterocycles. The van der Waals surface area contributed by atoms with Crippen molar-refractivity contribution >= 4 is 29.3 Å². The number of rotatable bonds is 5. The van der Waals surface area contributed by atoms with Crippen LogP contribution in [-0.2, 0) is 4.79 Å². The number of nitrogens with one attached hydrogen (secondary N) is 1. The number of aromatic nitrogens is 2. The zero-order valence-electron chi connectivity index (χ0n) is 13.2. The minimum Gasteiger partial charge on any atom is -0.399 e. The highest BCUT2D eigenvalue weighted by Crippen LogP contribution is 2.19. The van der Waals surface area contributed by atoms with E-state index in [0.29, 0.717) is 22.9 Å². The number of nitrogens with two attached hydrogens (primary N) is 1. The molecule has 1 amide bonds. The van der Waals surface area contributed by atoms with E-state index >= 15 is 0 Å². The molecule has 0 unspecified atom stereocenters. The van der Waals surface area contributed by atoms with Gasteiger partial charge in [0.25, 0.3) is 0 Å². The largest absolute Gasteiger partial charge is 0.399 e. The van der Waals surface area contributed by atoms with Gasteiger partial charge in [0.2, 0.25) is 11.9 Å². The fourth-order valence-electron chi connectivity index (χ4n) is 1.87. The van der Waals surface area contributed by atoms with Gasteiger partial charge in [0.15, 0.2) is 0 Å². The van der Waals surface area contributed by atoms with Crippen LogP contribution in [0.2, 0.25) is 0 Å². The van der Waals surface area contributed by atoms with Crippen LogP contribution in [0, 0.1) is 0 Å². The monoisotopic (exact) mass is 309 g/mol. The van der Waals surface area contributed by atoms with Gasteiger partial charge in [-0.25, -0.2) is 9.97 Å². The molecule has 1 aromatic heterocycles. The molecule has 0 saturated carbocycles. The van der Waals surface area contributed by atoms with Crippen molar-refractivity contribution in [2.45, 2.75) is 0 Å². The third-order valence-corrected chi connectivity index (χ3v) is 3.02. The Balaban J connectivity index is 2.06. The number of hydrogen-bond acceptors (Lipinski definition) is 5. The van der Waals surface area contributed by atoms with Crippen LogP contribution < -0.4 is 16.0 Å². The van der Waals surface area contributed by atoms with Crippen molar-refractivity contribution in [2.24, 2.45) is 5.73 Å². The number of carbonyl (C=O) groups is 1. The van der Waals surface area contributed by atoms with E-state index in [1.54, 1.807) is 35.5 Å². The van der Waals surface area contributed by atoms with Gasteiger partial charge in [-0.15, -0.1) is 0 Å². The molecule has 1 aromatic carbocycles. The Labute approximate surface area is 135 Å². The van der Waals surface area contributed by atoms with Gasteiger partial charge in [-0.2, -0.15) is 0 Å². The summed E-state index contributed by atoms with van der Waals surface area (Å²) in [5.74, 6) is 0.345. The van der Waals surface area contributed by atoms with Gasteiger partial charge < -0.3 is 16.0 Å². The number of para-hydroxylation sites is 1. The maximum Gasteiger partial charge on any atom is 0.248 e. The van der Waals surface area contributed by atoms with Crippen LogP contribution in [0.25, 0.3) is 11.8 Å². The average molecular weight is 309 g/mol. The van der Waals surface area contributed by atoms with Crippen molar-refractivity contribution in [1.29, 1.82) is 0 Å². The van der Waals surface area contributed by atoms with Crippen molar-refractivity contribution in [3.8, 4) is 0 Å². The molecule has 3 N–H and O–H groups in total. The van der Waals surface area contributed by atoms with Gasteiger partial charge in [-0.3, -0.25) is 4.79 Å². The Morgan fingerprint density at radius 2 is 1.91 bits per heavy atom. The molecule has 0 aliphatic rings. The summed E-state index contributed by atoms with van der Waals surface area (Å²) in [6.07, 6.45) is 6.38. The summed E-state index contributed by atoms with van der Waals surface area (Å²) in [5, 5.41) is 2.78. The molecule has 0 aliphatic carbocycles. The van der Waals surface area contributed by atoms with E-state index in [2.05, 4.69) is 21.9 Å². The zero-order chi connectivity index (χ0) is 16.8. The highest BCUT2D eigenvalue weighted by Gasteiger charge is 2.05. The summed E-state index contributed by atoms with van der Waals surface area (Å²) in [6.45, 7) is 3.70. The van der Waals surface area contributed by atoms with Crippen molar-refractivity contribution in [3.05, 3.63) is 60.4 Å². The molecular weight excluding hydrogens is 290 g/mol. The molecule has 0 aliphatic heterocycles. The minimum atomic E-state index is -0.268. The minimum absolute atomic E-state index is 0.268. The standard InChI is InChI=1S/C17H19N5O/c1-12(18)14-6-4-5-7-15(14)21-16(23)9-8-13-10-19-17(20-11-13)22(2)3/h4-11H,1,18H2,2-3H3,(H,21,23)/b9-8+. The van der Waals surface area contributed by atoms with Crippen LogP contribution in [-0.4, -0.2) is 30.0 Å². The van der Waals surface area contributed by atoms with Crippen LogP contribution in [0.5, 0.6) is 0 Å². The molecule has 0 atom stereocenters. The van der Waals surface area contributed by atoms with Gasteiger partial charge >= 0.3 is 0 Å². The smallest absolute Gasteiger partial charge is 0.248 e. The van der Waals surface area contributed by atoms with Gasteiger partial charge in [0.1, 0.15) is 0 Å². The lowest BCUT2D eigenvalue weighted by Crippen LogP contribution is -2.12. The van der Waals surface area contributed by atoms with Crippen LogP contribution in [0.15, 0.2) is 49.3 Å². The number of benzene rings is 1. The number of hydrogen-bond donors (Lipinski definition) is 2. The number of anilines is 2. The fourth-order valence-corrected chi connectivity index (χ4v) is 1.87. The van der Waals surface area contributed by atoms with E-state index in [1.807, 2.05) is 26.2 Å². The number of carbonyl (C=O) groups excluding carboxylic acids is 1. The summed E-state index contributed by atoms with van der Waals surface area (Å²) in [7, 11) is 3.72. The zero-order valence-corrected chi connectivity index (χ0v) is 13.2. The highest BCUT2D eigenvalue weighted by atomic mass is 16.1. The molecule has 2 aromatic rings. The molecular formula is C17H19N5O. The van der Waals surface area contributed by atoms with Crippen molar-refractivity contribution in [2.75, 3.05) is 24.3 Å². The van der Waals surface area contributed by atoms with Crippen LogP contribution >= 0.6 is 0 Å².